The molecule has 0 saturated carbocycles. The van der Waals surface area contributed by atoms with E-state index in [0.29, 0.717) is 35.6 Å². The molecule has 12 heteroatoms. The molecule has 0 spiro atoms. The summed E-state index contributed by atoms with van der Waals surface area (Å²) in [6.45, 7) is 0.397. The van der Waals surface area contributed by atoms with E-state index in [-0.39, 0.29) is 24.8 Å². The second-order valence-corrected chi connectivity index (χ2v) is 6.78. The van der Waals surface area contributed by atoms with E-state index in [9.17, 15) is 23.3 Å². The maximum absolute atomic E-state index is 12.6. The van der Waals surface area contributed by atoms with Gasteiger partial charge in [-0.25, -0.2) is 4.98 Å². The van der Waals surface area contributed by atoms with Gasteiger partial charge >= 0.3 is 6.36 Å². The van der Waals surface area contributed by atoms with Crippen LogP contribution in [0.2, 0.25) is 0 Å². The lowest BCUT2D eigenvalue weighted by atomic mass is 10.1. The van der Waals surface area contributed by atoms with E-state index < -0.39 is 17.0 Å². The number of halogens is 3. The summed E-state index contributed by atoms with van der Waals surface area (Å²) in [7, 11) is 0. The van der Waals surface area contributed by atoms with E-state index in [1.807, 2.05) is 0 Å². The van der Waals surface area contributed by atoms with Crippen molar-refractivity contribution in [3.8, 4) is 17.0 Å². The Kier molecular flexibility index (Phi) is 7.61. The summed E-state index contributed by atoms with van der Waals surface area (Å²) in [5, 5.41) is 26.1. The Morgan fingerprint density at radius 1 is 1.06 bits per heavy atom. The number of nitro groups is 1. The molecule has 3 rings (SSSR count). The van der Waals surface area contributed by atoms with Gasteiger partial charge in [-0.05, 0) is 18.6 Å². The highest BCUT2D eigenvalue weighted by Gasteiger charge is 2.31. The highest BCUT2D eigenvalue weighted by Crippen LogP contribution is 2.29. The fourth-order valence-corrected chi connectivity index (χ4v) is 2.92. The molecule has 0 radical (unpaired) electrons. The molecule has 33 heavy (non-hydrogen) atoms. The van der Waals surface area contributed by atoms with Gasteiger partial charge in [0.25, 0.3) is 5.69 Å². The van der Waals surface area contributed by atoms with Crippen molar-refractivity contribution in [2.45, 2.75) is 19.3 Å². The first-order valence-electron chi connectivity index (χ1n) is 9.81. The molecule has 0 amide bonds. The van der Waals surface area contributed by atoms with Crippen LogP contribution in [-0.2, 0) is 6.54 Å². The molecular formula is C21H20F3N5O4. The number of anilines is 2. The number of aromatic nitrogens is 2. The van der Waals surface area contributed by atoms with Gasteiger partial charge in [0.2, 0.25) is 5.95 Å². The molecular weight excluding hydrogens is 443 g/mol. The van der Waals surface area contributed by atoms with E-state index in [1.54, 1.807) is 24.3 Å². The lowest BCUT2D eigenvalue weighted by Gasteiger charge is -2.13. The highest BCUT2D eigenvalue weighted by molar-refractivity contribution is 5.66. The SMILES string of the molecule is O=[N+]([O-])c1ccccc1CNc1cc(-c2cccc(OC(F)(F)F)c2)nc(NCCCO)n1. The van der Waals surface area contributed by atoms with Crippen LogP contribution in [-0.4, -0.2) is 39.5 Å². The molecule has 3 N–H and O–H groups in total. The Bertz CT molecular complexity index is 1110. The number of nitrogens with zero attached hydrogens (tertiary/aromatic N) is 3. The Labute approximate surface area is 186 Å². The zero-order valence-electron chi connectivity index (χ0n) is 17.2. The number of benzene rings is 2. The van der Waals surface area contributed by atoms with Crippen LogP contribution in [0.5, 0.6) is 5.75 Å². The molecule has 0 fully saturated rings. The smallest absolute Gasteiger partial charge is 0.406 e. The maximum Gasteiger partial charge on any atom is 0.573 e. The van der Waals surface area contributed by atoms with Crippen LogP contribution in [0.4, 0.5) is 30.6 Å². The van der Waals surface area contributed by atoms with E-state index >= 15 is 0 Å². The predicted octanol–water partition coefficient (Wildman–Crippen LogP) is 4.36. The minimum Gasteiger partial charge on any atom is -0.406 e. The number of nitro benzene ring substituents is 1. The molecule has 0 atom stereocenters. The van der Waals surface area contributed by atoms with Crippen LogP contribution < -0.4 is 15.4 Å². The van der Waals surface area contributed by atoms with Crippen LogP contribution in [0, 0.1) is 10.1 Å². The lowest BCUT2D eigenvalue weighted by molar-refractivity contribution is -0.385. The highest BCUT2D eigenvalue weighted by atomic mass is 19.4. The fraction of sp³-hybridized carbons (Fsp3) is 0.238. The number of aliphatic hydroxyl groups excluding tert-OH is 1. The van der Waals surface area contributed by atoms with Crippen molar-refractivity contribution in [1.29, 1.82) is 0 Å². The predicted molar refractivity (Wildman–Crippen MR) is 115 cm³/mol. The standard InChI is InChI=1S/C21H20F3N5O4/c22-21(23,24)33-16-7-3-6-14(11-16)17-12-19(28-20(27-17)25-9-4-10-30)26-13-15-5-1-2-8-18(15)29(31)32/h1-3,5-8,11-12,30H,4,9-10,13H2,(H2,25,26,27,28). The molecule has 174 valence electrons. The Hall–Kier alpha value is -3.93. The minimum absolute atomic E-state index is 0.0493. The van der Waals surface area contributed by atoms with Gasteiger partial charge in [0.05, 0.1) is 10.6 Å². The second kappa shape index (κ2) is 10.6. The first-order chi connectivity index (χ1) is 15.7. The fourth-order valence-electron chi connectivity index (χ4n) is 2.92. The maximum atomic E-state index is 12.6. The number of para-hydroxylation sites is 1. The Morgan fingerprint density at radius 3 is 2.58 bits per heavy atom. The molecule has 0 saturated heterocycles. The van der Waals surface area contributed by atoms with E-state index in [0.717, 1.165) is 0 Å². The summed E-state index contributed by atoms with van der Waals surface area (Å²) in [6, 6.07) is 13.1. The van der Waals surface area contributed by atoms with Gasteiger partial charge in [0.1, 0.15) is 11.6 Å². The van der Waals surface area contributed by atoms with Gasteiger partial charge in [-0.15, -0.1) is 13.2 Å². The molecule has 3 aromatic rings. The average molecular weight is 463 g/mol. The van der Waals surface area contributed by atoms with Gasteiger partial charge in [-0.2, -0.15) is 4.98 Å². The normalized spacial score (nSPS) is 11.2. The van der Waals surface area contributed by atoms with Crippen molar-refractivity contribution >= 4 is 17.5 Å². The molecule has 0 aliphatic rings. The molecule has 0 bridgehead atoms. The van der Waals surface area contributed by atoms with Gasteiger partial charge in [-0.1, -0.05) is 30.3 Å². The summed E-state index contributed by atoms with van der Waals surface area (Å²) in [6.07, 6.45) is -4.40. The van der Waals surface area contributed by atoms with Gasteiger partial charge in [0, 0.05) is 43.0 Å². The average Bonchev–Trinajstić information content (AvgIpc) is 2.77. The number of nitrogens with one attached hydrogen (secondary N) is 2. The molecule has 1 heterocycles. The number of alkyl halides is 3. The molecule has 0 unspecified atom stereocenters. The zero-order chi connectivity index (χ0) is 23.8. The quantitative estimate of drug-likeness (QED) is 0.230. The zero-order valence-corrected chi connectivity index (χ0v) is 17.2. The van der Waals surface area contributed by atoms with E-state index in [1.165, 1.54) is 30.3 Å². The Morgan fingerprint density at radius 2 is 1.85 bits per heavy atom. The van der Waals surface area contributed by atoms with Crippen LogP contribution in [0.15, 0.2) is 54.6 Å². The molecule has 0 aliphatic heterocycles. The van der Waals surface area contributed by atoms with Crippen molar-refractivity contribution in [3.63, 3.8) is 0 Å². The van der Waals surface area contributed by atoms with Crippen molar-refractivity contribution < 1.29 is 27.9 Å². The Balaban J connectivity index is 1.90. The monoisotopic (exact) mass is 463 g/mol. The van der Waals surface area contributed by atoms with Crippen molar-refractivity contribution in [1.82, 2.24) is 9.97 Å². The number of ether oxygens (including phenoxy) is 1. The number of rotatable bonds is 10. The van der Waals surface area contributed by atoms with E-state index in [2.05, 4.69) is 25.3 Å². The largest absolute Gasteiger partial charge is 0.573 e. The van der Waals surface area contributed by atoms with Crippen LogP contribution >= 0.6 is 0 Å². The molecule has 0 aliphatic carbocycles. The van der Waals surface area contributed by atoms with E-state index in [4.69, 9.17) is 5.11 Å². The third kappa shape index (κ3) is 7.04. The third-order valence-corrected chi connectivity index (χ3v) is 4.36. The van der Waals surface area contributed by atoms with Gasteiger partial charge in [-0.3, -0.25) is 10.1 Å². The first kappa shape index (κ1) is 23.7. The number of hydrogen-bond acceptors (Lipinski definition) is 8. The van der Waals surface area contributed by atoms with Crippen LogP contribution in [0.1, 0.15) is 12.0 Å². The van der Waals surface area contributed by atoms with Crippen molar-refractivity contribution in [3.05, 3.63) is 70.3 Å². The number of aliphatic hydroxyl groups is 1. The van der Waals surface area contributed by atoms with Crippen molar-refractivity contribution in [2.75, 3.05) is 23.8 Å². The van der Waals surface area contributed by atoms with Crippen LogP contribution in [0.3, 0.4) is 0 Å². The second-order valence-electron chi connectivity index (χ2n) is 6.78. The van der Waals surface area contributed by atoms with Gasteiger partial charge < -0.3 is 20.5 Å². The summed E-state index contributed by atoms with van der Waals surface area (Å²) in [5.41, 5.74) is 1.02. The molecule has 9 nitrogen and oxygen atoms in total. The van der Waals surface area contributed by atoms with Gasteiger partial charge in [0.15, 0.2) is 0 Å². The minimum atomic E-state index is -4.83. The molecule has 2 aromatic carbocycles. The summed E-state index contributed by atoms with van der Waals surface area (Å²) < 4.78 is 41.8. The van der Waals surface area contributed by atoms with Crippen molar-refractivity contribution in [2.24, 2.45) is 0 Å². The number of hydrogen-bond donors (Lipinski definition) is 3. The lowest BCUT2D eigenvalue weighted by Crippen LogP contribution is -2.17. The topological polar surface area (TPSA) is 122 Å². The first-order valence-corrected chi connectivity index (χ1v) is 9.81. The third-order valence-electron chi connectivity index (χ3n) is 4.36. The van der Waals surface area contributed by atoms with Crippen LogP contribution in [0.25, 0.3) is 11.3 Å². The summed E-state index contributed by atoms with van der Waals surface area (Å²) in [4.78, 5) is 19.4. The summed E-state index contributed by atoms with van der Waals surface area (Å²) >= 11 is 0. The summed E-state index contributed by atoms with van der Waals surface area (Å²) in [5.74, 6) is 0.0720. The molecule has 1 aromatic heterocycles.